The number of aliphatic hydroxyl groups is 1. The summed E-state index contributed by atoms with van der Waals surface area (Å²) in [4.78, 5) is 20.1. The summed E-state index contributed by atoms with van der Waals surface area (Å²) < 4.78 is 0. The van der Waals surface area contributed by atoms with Gasteiger partial charge in [-0.1, -0.05) is 0 Å². The molecule has 2 aromatic rings. The van der Waals surface area contributed by atoms with Crippen LogP contribution in [0, 0.1) is 13.8 Å². The zero-order valence-electron chi connectivity index (χ0n) is 7.92. The minimum absolute atomic E-state index is 0.166. The first kappa shape index (κ1) is 9.36. The molecule has 0 saturated heterocycles. The average molecular weight is 210 g/mol. The van der Waals surface area contributed by atoms with Crippen LogP contribution in [0.15, 0.2) is 4.79 Å². The van der Waals surface area contributed by atoms with Crippen molar-refractivity contribution >= 4 is 21.6 Å². The van der Waals surface area contributed by atoms with E-state index in [0.29, 0.717) is 16.0 Å². The normalized spacial score (nSPS) is 11.1. The summed E-state index contributed by atoms with van der Waals surface area (Å²) in [5, 5.41) is 9.51. The highest BCUT2D eigenvalue weighted by atomic mass is 32.1. The fourth-order valence-corrected chi connectivity index (χ4v) is 2.42. The number of nitrogens with one attached hydrogen (secondary N) is 1. The Bertz CT molecular complexity index is 541. The van der Waals surface area contributed by atoms with Gasteiger partial charge in [-0.25, -0.2) is 4.98 Å². The molecule has 0 bridgehead atoms. The molecule has 0 fully saturated rings. The molecule has 2 rings (SSSR count). The highest BCUT2D eigenvalue weighted by molar-refractivity contribution is 7.18. The molecule has 0 aromatic carbocycles. The van der Waals surface area contributed by atoms with Crippen molar-refractivity contribution in [3.63, 3.8) is 0 Å². The predicted molar refractivity (Wildman–Crippen MR) is 55.6 cm³/mol. The Morgan fingerprint density at radius 1 is 1.50 bits per heavy atom. The number of thiophene rings is 1. The Morgan fingerprint density at radius 3 is 2.86 bits per heavy atom. The second-order valence-corrected chi connectivity index (χ2v) is 4.34. The summed E-state index contributed by atoms with van der Waals surface area (Å²) in [5.74, 6) is 0.323. The van der Waals surface area contributed by atoms with Crippen LogP contribution >= 0.6 is 11.3 Å². The zero-order chi connectivity index (χ0) is 10.3. The molecule has 5 heteroatoms. The maximum Gasteiger partial charge on any atom is 0.259 e. The van der Waals surface area contributed by atoms with E-state index in [2.05, 4.69) is 9.97 Å². The number of aliphatic hydroxyl groups excluding tert-OH is 1. The Kier molecular flexibility index (Phi) is 2.13. The van der Waals surface area contributed by atoms with Crippen LogP contribution in [0.1, 0.15) is 16.3 Å². The van der Waals surface area contributed by atoms with Crippen molar-refractivity contribution < 1.29 is 5.11 Å². The number of fused-ring (bicyclic) bond motifs is 1. The Balaban J connectivity index is 2.90. The molecule has 0 atom stereocenters. The van der Waals surface area contributed by atoms with Crippen molar-refractivity contribution in [1.29, 1.82) is 0 Å². The molecule has 4 nitrogen and oxygen atoms in total. The average Bonchev–Trinajstić information content (AvgIpc) is 2.43. The van der Waals surface area contributed by atoms with Crippen molar-refractivity contribution in [3.8, 4) is 0 Å². The van der Waals surface area contributed by atoms with Gasteiger partial charge in [0.05, 0.1) is 5.39 Å². The van der Waals surface area contributed by atoms with Gasteiger partial charge in [-0.2, -0.15) is 0 Å². The van der Waals surface area contributed by atoms with E-state index in [4.69, 9.17) is 5.11 Å². The molecule has 0 saturated carbocycles. The topological polar surface area (TPSA) is 66.0 Å². The Labute approximate surface area is 84.2 Å². The number of aromatic nitrogens is 2. The smallest absolute Gasteiger partial charge is 0.259 e. The molecule has 0 spiro atoms. The standard InChI is InChI=1S/C9H10N2O2S/c1-4-5(2)14-9-7(4)8(13)10-6(3-12)11-9/h12H,3H2,1-2H3,(H,10,11,13). The Hall–Kier alpha value is -1.20. The molecule has 0 aliphatic heterocycles. The van der Waals surface area contributed by atoms with Crippen LogP contribution in [-0.2, 0) is 6.61 Å². The van der Waals surface area contributed by atoms with Crippen molar-refractivity contribution in [2.45, 2.75) is 20.5 Å². The molecule has 2 heterocycles. The van der Waals surface area contributed by atoms with Crippen LogP contribution in [0.3, 0.4) is 0 Å². The summed E-state index contributed by atoms with van der Waals surface area (Å²) in [6.07, 6.45) is 0. The summed E-state index contributed by atoms with van der Waals surface area (Å²) in [7, 11) is 0. The third-order valence-corrected chi connectivity index (χ3v) is 3.34. The van der Waals surface area contributed by atoms with E-state index in [9.17, 15) is 4.79 Å². The van der Waals surface area contributed by atoms with Crippen molar-refractivity contribution in [2.24, 2.45) is 0 Å². The van der Waals surface area contributed by atoms with Crippen LogP contribution in [0.5, 0.6) is 0 Å². The minimum Gasteiger partial charge on any atom is -0.388 e. The molecule has 0 aliphatic rings. The number of aromatic amines is 1. The maximum atomic E-state index is 11.6. The molecule has 2 aromatic heterocycles. The first-order valence-corrected chi connectivity index (χ1v) is 5.05. The minimum atomic E-state index is -0.235. The first-order chi connectivity index (χ1) is 6.63. The van der Waals surface area contributed by atoms with E-state index in [1.165, 1.54) is 11.3 Å². The van der Waals surface area contributed by atoms with Gasteiger partial charge in [0.15, 0.2) is 0 Å². The number of rotatable bonds is 1. The van der Waals surface area contributed by atoms with E-state index in [1.54, 1.807) is 0 Å². The summed E-state index contributed by atoms with van der Waals surface area (Å²) in [5.41, 5.74) is 0.809. The van der Waals surface area contributed by atoms with Gasteiger partial charge >= 0.3 is 0 Å². The molecule has 0 unspecified atom stereocenters. The number of hydrogen-bond acceptors (Lipinski definition) is 4. The fraction of sp³-hybridized carbons (Fsp3) is 0.333. The van der Waals surface area contributed by atoms with Crippen molar-refractivity contribution in [3.05, 3.63) is 26.6 Å². The van der Waals surface area contributed by atoms with Gasteiger partial charge in [0, 0.05) is 4.88 Å². The van der Waals surface area contributed by atoms with Crippen molar-refractivity contribution in [1.82, 2.24) is 9.97 Å². The molecule has 0 amide bonds. The summed E-state index contributed by atoms with van der Waals surface area (Å²) in [6.45, 7) is 3.63. The number of hydrogen-bond donors (Lipinski definition) is 2. The summed E-state index contributed by atoms with van der Waals surface area (Å²) >= 11 is 1.48. The van der Waals surface area contributed by atoms with Crippen LogP contribution in [0.2, 0.25) is 0 Å². The third-order valence-electron chi connectivity index (χ3n) is 2.24. The first-order valence-electron chi connectivity index (χ1n) is 4.23. The van der Waals surface area contributed by atoms with Gasteiger partial charge in [-0.05, 0) is 19.4 Å². The highest BCUT2D eigenvalue weighted by Crippen LogP contribution is 2.25. The number of H-pyrrole nitrogens is 1. The fourth-order valence-electron chi connectivity index (χ4n) is 1.37. The van der Waals surface area contributed by atoms with Crippen LogP contribution in [0.4, 0.5) is 0 Å². The van der Waals surface area contributed by atoms with Crippen molar-refractivity contribution in [2.75, 3.05) is 0 Å². The second-order valence-electron chi connectivity index (χ2n) is 3.13. The molecule has 0 radical (unpaired) electrons. The van der Waals surface area contributed by atoms with Crippen LogP contribution in [-0.4, -0.2) is 15.1 Å². The molecular formula is C9H10N2O2S. The van der Waals surface area contributed by atoms with Gasteiger partial charge in [-0.15, -0.1) is 11.3 Å². The number of nitrogens with zero attached hydrogens (tertiary/aromatic N) is 1. The lowest BCUT2D eigenvalue weighted by molar-refractivity contribution is 0.271. The van der Waals surface area contributed by atoms with E-state index >= 15 is 0 Å². The van der Waals surface area contributed by atoms with Gasteiger partial charge in [0.25, 0.3) is 5.56 Å². The molecule has 0 aliphatic carbocycles. The monoisotopic (exact) mass is 210 g/mol. The summed E-state index contributed by atoms with van der Waals surface area (Å²) in [6, 6.07) is 0. The maximum absolute atomic E-state index is 11.6. The van der Waals surface area contributed by atoms with E-state index in [-0.39, 0.29) is 12.2 Å². The second kappa shape index (κ2) is 3.18. The predicted octanol–water partition coefficient (Wildman–Crippen LogP) is 1.09. The lowest BCUT2D eigenvalue weighted by atomic mass is 10.2. The lowest BCUT2D eigenvalue weighted by Crippen LogP contribution is -2.11. The third kappa shape index (κ3) is 1.25. The van der Waals surface area contributed by atoms with Gasteiger partial charge in [0.1, 0.15) is 17.3 Å². The van der Waals surface area contributed by atoms with E-state index < -0.39 is 0 Å². The van der Waals surface area contributed by atoms with Crippen LogP contribution < -0.4 is 5.56 Å². The van der Waals surface area contributed by atoms with Gasteiger partial charge in [0.2, 0.25) is 0 Å². The van der Waals surface area contributed by atoms with E-state index in [0.717, 1.165) is 10.4 Å². The zero-order valence-corrected chi connectivity index (χ0v) is 8.73. The lowest BCUT2D eigenvalue weighted by Gasteiger charge is -1.95. The van der Waals surface area contributed by atoms with Gasteiger partial charge < -0.3 is 10.1 Å². The van der Waals surface area contributed by atoms with Gasteiger partial charge in [-0.3, -0.25) is 4.79 Å². The van der Waals surface area contributed by atoms with E-state index in [1.807, 2.05) is 13.8 Å². The number of aryl methyl sites for hydroxylation is 2. The largest absolute Gasteiger partial charge is 0.388 e. The van der Waals surface area contributed by atoms with Crippen LogP contribution in [0.25, 0.3) is 10.2 Å². The highest BCUT2D eigenvalue weighted by Gasteiger charge is 2.10. The SMILES string of the molecule is Cc1sc2nc(CO)[nH]c(=O)c2c1C. The molecule has 2 N–H and O–H groups in total. The Morgan fingerprint density at radius 2 is 2.21 bits per heavy atom. The molecule has 74 valence electrons. The molecular weight excluding hydrogens is 200 g/mol. The quantitative estimate of drug-likeness (QED) is 0.740. The molecule has 14 heavy (non-hydrogen) atoms.